The van der Waals surface area contributed by atoms with Gasteiger partial charge in [-0.2, -0.15) is 10.5 Å². The normalized spacial score (nSPS) is 11.1. The van der Waals surface area contributed by atoms with E-state index in [1.807, 2.05) is 103 Å². The van der Waals surface area contributed by atoms with E-state index in [9.17, 15) is 10.5 Å². The number of aromatic nitrogens is 3. The fourth-order valence-electron chi connectivity index (χ4n) is 8.35. The van der Waals surface area contributed by atoms with Gasteiger partial charge in [-0.25, -0.2) is 9.97 Å². The van der Waals surface area contributed by atoms with E-state index in [-0.39, 0.29) is 0 Å². The highest BCUT2D eigenvalue weighted by molar-refractivity contribution is 6.12. The van der Waals surface area contributed by atoms with E-state index in [2.05, 4.69) is 115 Å². The van der Waals surface area contributed by atoms with Gasteiger partial charge < -0.3 is 4.57 Å². The second-order valence-corrected chi connectivity index (χ2v) is 14.9. The zero-order valence-corrected chi connectivity index (χ0v) is 32.7. The molecule has 0 radical (unpaired) electrons. The maximum Gasteiger partial charge on any atom is 0.160 e. The van der Waals surface area contributed by atoms with Gasteiger partial charge in [-0.05, 0) is 66.6 Å². The average molecular weight is 766 g/mol. The maximum atomic E-state index is 10.7. The molecular weight excluding hydrogens is 731 g/mol. The van der Waals surface area contributed by atoms with Gasteiger partial charge in [-0.1, -0.05) is 151 Å². The lowest BCUT2D eigenvalue weighted by Gasteiger charge is -2.22. The molecule has 0 saturated carbocycles. The van der Waals surface area contributed by atoms with Gasteiger partial charge in [-0.3, -0.25) is 0 Å². The van der Waals surface area contributed by atoms with Gasteiger partial charge in [-0.15, -0.1) is 0 Å². The molecule has 0 bridgehead atoms. The Morgan fingerprint density at radius 1 is 0.400 bits per heavy atom. The minimum atomic E-state index is 0.538. The molecule has 0 aliphatic heterocycles. The minimum absolute atomic E-state index is 0.538. The summed E-state index contributed by atoms with van der Waals surface area (Å²) in [6.45, 7) is 2.12. The number of fused-ring (bicyclic) bond motifs is 3. The first-order valence-electron chi connectivity index (χ1n) is 19.9. The summed E-state index contributed by atoms with van der Waals surface area (Å²) < 4.78 is 2.31. The van der Waals surface area contributed by atoms with Crippen LogP contribution in [0.2, 0.25) is 0 Å². The van der Waals surface area contributed by atoms with Gasteiger partial charge in [0.15, 0.2) is 5.82 Å². The third kappa shape index (κ3) is 6.38. The highest BCUT2D eigenvalue weighted by atomic mass is 15.0. The molecule has 0 aliphatic carbocycles. The van der Waals surface area contributed by atoms with Crippen molar-refractivity contribution in [2.75, 3.05) is 0 Å². The molecule has 0 fully saturated rings. The van der Waals surface area contributed by atoms with Crippen molar-refractivity contribution < 1.29 is 0 Å². The summed E-state index contributed by atoms with van der Waals surface area (Å²) in [5.74, 6) is 0.598. The Labute approximate surface area is 348 Å². The Bertz CT molecular complexity index is 3210. The average Bonchev–Trinajstić information content (AvgIpc) is 3.64. The van der Waals surface area contributed by atoms with Crippen LogP contribution in [0.1, 0.15) is 16.7 Å². The molecule has 2 heterocycles. The molecule has 0 N–H and O–H groups in total. The molecular formula is C55H35N5. The Hall–Kier alpha value is -8.38. The number of nitrogens with zero attached hydrogens (tertiary/aromatic N) is 5. The lowest BCUT2D eigenvalue weighted by Crippen LogP contribution is -2.04. The number of rotatable bonds is 7. The number of nitriles is 2. The molecule has 2 aromatic heterocycles. The van der Waals surface area contributed by atoms with Gasteiger partial charge in [0.05, 0.1) is 51.4 Å². The summed E-state index contributed by atoms with van der Waals surface area (Å²) in [4.78, 5) is 10.3. The van der Waals surface area contributed by atoms with Crippen molar-refractivity contribution >= 4 is 21.8 Å². The lowest BCUT2D eigenvalue weighted by molar-refractivity contribution is 1.17. The van der Waals surface area contributed by atoms with Crippen LogP contribution < -0.4 is 0 Å². The van der Waals surface area contributed by atoms with E-state index in [1.54, 1.807) is 0 Å². The minimum Gasteiger partial charge on any atom is -0.308 e. The van der Waals surface area contributed by atoms with Crippen LogP contribution in [0.5, 0.6) is 0 Å². The van der Waals surface area contributed by atoms with Gasteiger partial charge >= 0.3 is 0 Å². The number of aryl methyl sites for hydroxylation is 1. The van der Waals surface area contributed by atoms with Crippen LogP contribution in [0.15, 0.2) is 194 Å². The number of hydrogen-bond donors (Lipinski definition) is 0. The predicted octanol–water partition coefficient (Wildman–Crippen LogP) is 13.6. The smallest absolute Gasteiger partial charge is 0.160 e. The predicted molar refractivity (Wildman–Crippen MR) is 243 cm³/mol. The molecule has 0 unspecified atom stereocenters. The van der Waals surface area contributed by atoms with Gasteiger partial charge in [0.2, 0.25) is 0 Å². The maximum absolute atomic E-state index is 10.7. The largest absolute Gasteiger partial charge is 0.308 e. The van der Waals surface area contributed by atoms with Crippen LogP contribution in [-0.4, -0.2) is 14.5 Å². The summed E-state index contributed by atoms with van der Waals surface area (Å²) in [5, 5.41) is 23.5. The highest BCUT2D eigenvalue weighted by Gasteiger charge is 2.25. The van der Waals surface area contributed by atoms with E-state index in [4.69, 9.17) is 9.97 Å². The first kappa shape index (κ1) is 36.0. The molecule has 0 atom stereocenters. The third-order valence-electron chi connectivity index (χ3n) is 11.2. The van der Waals surface area contributed by atoms with Crippen molar-refractivity contribution in [1.29, 1.82) is 10.5 Å². The second-order valence-electron chi connectivity index (χ2n) is 14.9. The topological polar surface area (TPSA) is 78.3 Å². The van der Waals surface area contributed by atoms with E-state index in [0.717, 1.165) is 83.3 Å². The summed E-state index contributed by atoms with van der Waals surface area (Å²) in [5.41, 5.74) is 14.8. The van der Waals surface area contributed by atoms with Gasteiger partial charge in [0.25, 0.3) is 0 Å². The second kappa shape index (κ2) is 15.2. The fraction of sp³-hybridized carbons (Fsp3) is 0.0182. The standard InChI is InChI=1S/C55H35N5/c1-36-15-14-22-39(29-36)40-27-28-53-47(30-40)46-25-12-13-26-52(46)60(53)54-48(44-23-10-8-20-41(44)34-56)31-43(32-49(54)45-24-11-9-21-42(45)35-57)51-33-50(37-16-4-2-5-17-37)58-55(59-51)38-18-6-3-7-19-38/h2-33H,1H3. The summed E-state index contributed by atoms with van der Waals surface area (Å²) >= 11 is 0. The number of hydrogen-bond acceptors (Lipinski definition) is 4. The SMILES string of the molecule is Cc1cccc(-c2ccc3c(c2)c2ccccc2n3-c2c(-c3ccccc3C#N)cc(-c3cc(-c4ccccc4)nc(-c4ccccc4)n3)cc2-c2ccccc2C#N)c1. The first-order valence-corrected chi connectivity index (χ1v) is 19.9. The number of para-hydroxylation sites is 1. The van der Waals surface area contributed by atoms with Crippen molar-refractivity contribution in [3.8, 4) is 85.1 Å². The van der Waals surface area contributed by atoms with Gasteiger partial charge in [0.1, 0.15) is 0 Å². The van der Waals surface area contributed by atoms with Crippen molar-refractivity contribution in [2.45, 2.75) is 6.92 Å². The van der Waals surface area contributed by atoms with Crippen LogP contribution in [0.4, 0.5) is 0 Å². The molecule has 5 heteroatoms. The highest BCUT2D eigenvalue weighted by Crippen LogP contribution is 2.46. The monoisotopic (exact) mass is 765 g/mol. The molecule has 10 aromatic rings. The molecule has 280 valence electrons. The van der Waals surface area contributed by atoms with Crippen molar-refractivity contribution in [1.82, 2.24) is 14.5 Å². The summed E-state index contributed by atoms with van der Waals surface area (Å²) in [6, 6.07) is 70.6. The summed E-state index contributed by atoms with van der Waals surface area (Å²) in [7, 11) is 0. The van der Waals surface area contributed by atoms with E-state index < -0.39 is 0 Å². The van der Waals surface area contributed by atoms with Crippen molar-refractivity contribution in [3.05, 3.63) is 211 Å². The molecule has 0 aliphatic rings. The van der Waals surface area contributed by atoms with Gasteiger partial charge in [0, 0.05) is 49.7 Å². The van der Waals surface area contributed by atoms with E-state index in [0.29, 0.717) is 22.6 Å². The van der Waals surface area contributed by atoms with Crippen molar-refractivity contribution in [2.24, 2.45) is 0 Å². The Balaban J connectivity index is 1.35. The quantitative estimate of drug-likeness (QED) is 0.162. The molecule has 60 heavy (non-hydrogen) atoms. The Morgan fingerprint density at radius 3 is 1.58 bits per heavy atom. The first-order chi connectivity index (χ1) is 29.6. The summed E-state index contributed by atoms with van der Waals surface area (Å²) in [6.07, 6.45) is 0. The van der Waals surface area contributed by atoms with Crippen molar-refractivity contribution in [3.63, 3.8) is 0 Å². The zero-order valence-electron chi connectivity index (χ0n) is 32.7. The molecule has 0 spiro atoms. The molecule has 10 rings (SSSR count). The van der Waals surface area contributed by atoms with Crippen LogP contribution in [-0.2, 0) is 0 Å². The Morgan fingerprint density at radius 2 is 0.933 bits per heavy atom. The van der Waals surface area contributed by atoms with Crippen LogP contribution in [0.25, 0.3) is 94.8 Å². The van der Waals surface area contributed by atoms with Crippen LogP contribution >= 0.6 is 0 Å². The third-order valence-corrected chi connectivity index (χ3v) is 11.2. The zero-order chi connectivity index (χ0) is 40.6. The molecule has 8 aromatic carbocycles. The fourth-order valence-corrected chi connectivity index (χ4v) is 8.35. The Kier molecular flexibility index (Phi) is 9.10. The lowest BCUT2D eigenvalue weighted by atomic mass is 9.88. The molecule has 0 amide bonds. The van der Waals surface area contributed by atoms with Crippen LogP contribution in [0, 0.1) is 29.6 Å². The number of benzene rings is 8. The van der Waals surface area contributed by atoms with Crippen LogP contribution in [0.3, 0.4) is 0 Å². The van der Waals surface area contributed by atoms with E-state index in [1.165, 1.54) is 5.56 Å². The van der Waals surface area contributed by atoms with E-state index >= 15 is 0 Å². The molecule has 5 nitrogen and oxygen atoms in total. The molecule has 0 saturated heterocycles.